The van der Waals surface area contributed by atoms with Crippen molar-refractivity contribution in [1.82, 2.24) is 14.5 Å². The molecule has 2 aliphatic carbocycles. The molecule has 2 aliphatic heterocycles. The van der Waals surface area contributed by atoms with Crippen LogP contribution in [0.25, 0.3) is 0 Å². The number of anilines is 1. The molecule has 12 heteroatoms. The number of hydrogen-bond acceptors (Lipinski definition) is 9. The van der Waals surface area contributed by atoms with Crippen LogP contribution in [0.4, 0.5) is 5.69 Å². The Morgan fingerprint density at radius 3 is 2.56 bits per heavy atom. The first kappa shape index (κ1) is 41.0. The molecule has 54 heavy (non-hydrogen) atoms. The van der Waals surface area contributed by atoms with Crippen molar-refractivity contribution < 1.29 is 27.4 Å². The molecule has 0 bridgehead atoms. The fourth-order valence-corrected chi connectivity index (χ4v) is 10.5. The summed E-state index contributed by atoms with van der Waals surface area (Å²) >= 11 is 6.51. The number of piperazine rings is 1. The molecule has 10 nitrogen and oxygen atoms in total. The number of carbonyl (C=O) groups excluding carboxylic acids is 1. The largest absolute Gasteiger partial charge is 0.490 e. The van der Waals surface area contributed by atoms with E-state index in [4.69, 9.17) is 25.8 Å². The number of rotatable bonds is 14. The van der Waals surface area contributed by atoms with Gasteiger partial charge >= 0.3 is 0 Å². The number of benzene rings is 2. The quantitative estimate of drug-likeness (QED) is 0.211. The van der Waals surface area contributed by atoms with Gasteiger partial charge in [-0.15, -0.1) is 0 Å². The second kappa shape index (κ2) is 17.2. The molecule has 0 unspecified atom stereocenters. The summed E-state index contributed by atoms with van der Waals surface area (Å²) < 4.78 is 47.0. The number of carbonyl (C=O) groups is 1. The highest BCUT2D eigenvalue weighted by Gasteiger charge is 2.52. The molecule has 2 fully saturated rings. The lowest BCUT2D eigenvalue weighted by molar-refractivity contribution is -0.183. The van der Waals surface area contributed by atoms with Gasteiger partial charge in [0.25, 0.3) is 5.91 Å². The second-order valence-corrected chi connectivity index (χ2v) is 18.7. The Bertz CT molecular complexity index is 1760. The van der Waals surface area contributed by atoms with E-state index in [2.05, 4.69) is 64.5 Å². The highest BCUT2D eigenvalue weighted by Crippen LogP contribution is 2.50. The lowest BCUT2D eigenvalue weighted by Crippen LogP contribution is -2.64. The van der Waals surface area contributed by atoms with E-state index in [1.54, 1.807) is 13.0 Å². The van der Waals surface area contributed by atoms with Crippen molar-refractivity contribution in [2.75, 3.05) is 71.6 Å². The van der Waals surface area contributed by atoms with Crippen LogP contribution in [0, 0.1) is 11.8 Å². The molecule has 2 heterocycles. The third kappa shape index (κ3) is 8.37. The van der Waals surface area contributed by atoms with Crippen molar-refractivity contribution in [3.8, 4) is 5.75 Å². The van der Waals surface area contributed by atoms with Crippen LogP contribution in [0.2, 0.25) is 5.02 Å². The predicted molar refractivity (Wildman–Crippen MR) is 216 cm³/mol. The molecule has 5 atom stereocenters. The number of halogens is 1. The van der Waals surface area contributed by atoms with Crippen LogP contribution in [0.1, 0.15) is 87.7 Å². The number of hydrogen-bond donors (Lipinski definition) is 1. The van der Waals surface area contributed by atoms with Gasteiger partial charge < -0.3 is 19.1 Å². The Balaban J connectivity index is 1.35. The summed E-state index contributed by atoms with van der Waals surface area (Å²) in [6.07, 6.45) is 10.9. The number of amides is 1. The van der Waals surface area contributed by atoms with Gasteiger partial charge in [-0.3, -0.25) is 14.6 Å². The van der Waals surface area contributed by atoms with Crippen LogP contribution in [0.5, 0.6) is 5.75 Å². The lowest BCUT2D eigenvalue weighted by atomic mass is 9.66. The molecule has 2 aromatic rings. The molecular formula is C42H61ClN4O6S. The molecule has 1 N–H and O–H groups in total. The number of nitrogens with zero attached hydrogens (tertiary/aromatic N) is 3. The van der Waals surface area contributed by atoms with E-state index in [1.165, 1.54) is 18.2 Å². The summed E-state index contributed by atoms with van der Waals surface area (Å²) in [6.45, 7) is 14.4. The highest BCUT2D eigenvalue weighted by atomic mass is 35.5. The number of nitrogens with one attached hydrogen (secondary N) is 1. The third-order valence-corrected chi connectivity index (χ3v) is 14.7. The number of allylic oxidation sites excluding steroid dienone is 1. The highest BCUT2D eigenvalue weighted by molar-refractivity contribution is 7.90. The van der Waals surface area contributed by atoms with Gasteiger partial charge in [0.2, 0.25) is 10.0 Å². The van der Waals surface area contributed by atoms with Crippen LogP contribution in [0.3, 0.4) is 0 Å². The number of methoxy groups -OCH3 is 2. The smallest absolute Gasteiger partial charge is 0.264 e. The molecule has 4 aliphatic rings. The maximum absolute atomic E-state index is 13.6. The molecule has 6 rings (SSSR count). The fourth-order valence-electron chi connectivity index (χ4n) is 9.28. The Kier molecular flexibility index (Phi) is 13.1. The molecule has 298 valence electrons. The van der Waals surface area contributed by atoms with Gasteiger partial charge in [0, 0.05) is 88.1 Å². The monoisotopic (exact) mass is 784 g/mol. The van der Waals surface area contributed by atoms with Crippen molar-refractivity contribution in [3.05, 3.63) is 70.3 Å². The summed E-state index contributed by atoms with van der Waals surface area (Å²) in [6, 6.07) is 12.1. The first-order valence-corrected chi connectivity index (χ1v) is 21.9. The molecule has 1 amide bonds. The van der Waals surface area contributed by atoms with Crippen LogP contribution < -0.4 is 14.4 Å². The number of sulfonamides is 1. The van der Waals surface area contributed by atoms with E-state index in [1.807, 2.05) is 25.3 Å². The van der Waals surface area contributed by atoms with E-state index in [0.717, 1.165) is 82.0 Å². The van der Waals surface area contributed by atoms with Gasteiger partial charge in [0.05, 0.1) is 17.5 Å². The van der Waals surface area contributed by atoms with Crippen molar-refractivity contribution in [1.29, 1.82) is 0 Å². The Morgan fingerprint density at radius 1 is 1.11 bits per heavy atom. The van der Waals surface area contributed by atoms with E-state index < -0.39 is 26.9 Å². The van der Waals surface area contributed by atoms with Crippen LogP contribution in [-0.4, -0.2) is 108 Å². The molecule has 2 aromatic carbocycles. The zero-order valence-electron chi connectivity index (χ0n) is 33.1. The molecule has 1 saturated carbocycles. The molecule has 0 aromatic heterocycles. The topological polar surface area (TPSA) is 101 Å². The minimum atomic E-state index is -3.91. The van der Waals surface area contributed by atoms with Crippen LogP contribution >= 0.6 is 11.6 Å². The zero-order valence-corrected chi connectivity index (χ0v) is 34.7. The molecule has 0 radical (unpaired) electrons. The van der Waals surface area contributed by atoms with Gasteiger partial charge in [-0.1, -0.05) is 30.7 Å². The third-order valence-electron chi connectivity index (χ3n) is 12.7. The minimum absolute atomic E-state index is 0.266. The van der Waals surface area contributed by atoms with Crippen LogP contribution in [0.15, 0.2) is 48.6 Å². The van der Waals surface area contributed by atoms with Gasteiger partial charge in [-0.05, 0) is 119 Å². The fraction of sp³-hybridized carbons (Fsp3) is 0.643. The van der Waals surface area contributed by atoms with E-state index in [-0.39, 0.29) is 29.9 Å². The van der Waals surface area contributed by atoms with Crippen LogP contribution in [-0.2, 0) is 31.3 Å². The molecule has 1 spiro atoms. The summed E-state index contributed by atoms with van der Waals surface area (Å²) in [4.78, 5) is 21.2. The number of aryl methyl sites for hydroxylation is 1. The summed E-state index contributed by atoms with van der Waals surface area (Å²) in [5, 5.41) is -0.0429. The second-order valence-electron chi connectivity index (χ2n) is 16.2. The van der Waals surface area contributed by atoms with Gasteiger partial charge in [-0.2, -0.15) is 0 Å². The maximum atomic E-state index is 13.6. The van der Waals surface area contributed by atoms with E-state index in [0.29, 0.717) is 30.9 Å². The zero-order chi connectivity index (χ0) is 38.7. The van der Waals surface area contributed by atoms with Crippen molar-refractivity contribution in [3.63, 3.8) is 0 Å². The summed E-state index contributed by atoms with van der Waals surface area (Å²) in [5.74, 6) is 0.627. The normalized spacial score (nSPS) is 25.4. The lowest BCUT2D eigenvalue weighted by Gasteiger charge is -2.56. The predicted octanol–water partition coefficient (Wildman–Crippen LogP) is 6.66. The Labute approximate surface area is 328 Å². The first-order chi connectivity index (χ1) is 25.9. The SMILES string of the molecule is CC/C=C/[C@@](OC)([C@@H]1CC[C@H]1CN1C[C@@]2(CCCc3cc(Cl)ccc32)COc2ccc(C(=O)NS(=O)(=O)[C@@H](C)CCOC)cc21)N1CCN(C(C)C)CC1. The maximum Gasteiger partial charge on any atom is 0.264 e. The molecule has 1 saturated heterocycles. The van der Waals surface area contributed by atoms with Crippen molar-refractivity contribution >= 4 is 33.2 Å². The minimum Gasteiger partial charge on any atom is -0.490 e. The van der Waals surface area contributed by atoms with Gasteiger partial charge in [-0.25, -0.2) is 13.1 Å². The Morgan fingerprint density at radius 2 is 1.89 bits per heavy atom. The number of ether oxygens (including phenoxy) is 3. The van der Waals surface area contributed by atoms with E-state index in [9.17, 15) is 13.2 Å². The standard InChI is InChI=1S/C42H61ClN4O6S/c1-7-8-19-42(52-6,47-22-20-45(21-23-47)30(2)3)37-14-11-34(37)27-46-28-41(18-9-10-32-25-35(43)13-15-36(32)41)29-53-39-16-12-33(26-38(39)46)40(48)44-54(49,50)31(4)17-24-51-5/h8,12-13,15-16,19,25-26,30-31,34,37H,7,9-11,14,17-18,20-24,27-29H2,1-6H3,(H,44,48)/b19-8+/t31-,34-,37+,41-,42+/m0/s1. The first-order valence-electron chi connectivity index (χ1n) is 19.9. The summed E-state index contributed by atoms with van der Waals surface area (Å²) in [5.41, 5.74) is 2.83. The van der Waals surface area contributed by atoms with E-state index >= 15 is 0 Å². The molecular weight excluding hydrogens is 724 g/mol. The summed E-state index contributed by atoms with van der Waals surface area (Å²) in [7, 11) is -0.512. The van der Waals surface area contributed by atoms with Gasteiger partial charge in [0.15, 0.2) is 0 Å². The van der Waals surface area contributed by atoms with Crippen molar-refractivity contribution in [2.45, 2.75) is 95.1 Å². The average Bonchev–Trinajstić information content (AvgIpc) is 3.30. The van der Waals surface area contributed by atoms with Crippen molar-refractivity contribution in [2.24, 2.45) is 11.8 Å². The number of fused-ring (bicyclic) bond motifs is 3. The Hall–Kier alpha value is -2.67. The average molecular weight is 785 g/mol. The van der Waals surface area contributed by atoms with Gasteiger partial charge in [0.1, 0.15) is 11.5 Å².